The summed E-state index contributed by atoms with van der Waals surface area (Å²) in [5.41, 5.74) is 1.60. The predicted octanol–water partition coefficient (Wildman–Crippen LogP) is 3.05. The lowest BCUT2D eigenvalue weighted by atomic mass is 10.3. The molecule has 3 rings (SSSR count). The second-order valence-electron chi connectivity index (χ2n) is 4.80. The van der Waals surface area contributed by atoms with Gasteiger partial charge in [-0.05, 0) is 43.3 Å². The lowest BCUT2D eigenvalue weighted by Crippen LogP contribution is -2.04. The van der Waals surface area contributed by atoms with Crippen LogP contribution in [0.3, 0.4) is 0 Å². The maximum atomic E-state index is 5.89. The second kappa shape index (κ2) is 5.50. The van der Waals surface area contributed by atoms with Gasteiger partial charge in [-0.15, -0.1) is 22.8 Å². The Morgan fingerprint density at radius 3 is 2.52 bits per heavy atom. The Morgan fingerprint density at radius 2 is 1.90 bits per heavy atom. The second-order valence-corrected chi connectivity index (χ2v) is 5.66. The highest BCUT2D eigenvalue weighted by molar-refractivity contribution is 7.80. The third-order valence-corrected chi connectivity index (χ3v) is 3.63. The van der Waals surface area contributed by atoms with Crippen molar-refractivity contribution in [2.45, 2.75) is 24.9 Å². The molecule has 0 fully saturated rings. The van der Waals surface area contributed by atoms with Crippen molar-refractivity contribution in [1.29, 1.82) is 0 Å². The number of aromatic nitrogens is 6. The van der Waals surface area contributed by atoms with Crippen LogP contribution < -0.4 is 0 Å². The van der Waals surface area contributed by atoms with Crippen LogP contribution in [0.25, 0.3) is 17.1 Å². The molecule has 0 spiro atoms. The first-order valence-electron chi connectivity index (χ1n) is 6.39. The summed E-state index contributed by atoms with van der Waals surface area (Å²) in [5, 5.41) is 18.0. The van der Waals surface area contributed by atoms with Gasteiger partial charge < -0.3 is 0 Å². The van der Waals surface area contributed by atoms with Crippen molar-refractivity contribution in [3.05, 3.63) is 35.5 Å². The quantitative estimate of drug-likeness (QED) is 0.753. The van der Waals surface area contributed by atoms with Gasteiger partial charge in [0.1, 0.15) is 5.03 Å². The third-order valence-electron chi connectivity index (χ3n) is 2.95. The van der Waals surface area contributed by atoms with Crippen molar-refractivity contribution in [2.24, 2.45) is 0 Å². The van der Waals surface area contributed by atoms with Gasteiger partial charge in [0, 0.05) is 5.02 Å². The van der Waals surface area contributed by atoms with E-state index in [9.17, 15) is 0 Å². The summed E-state index contributed by atoms with van der Waals surface area (Å²) in [5.74, 6) is 0.508. The van der Waals surface area contributed by atoms with Crippen LogP contribution in [0.15, 0.2) is 35.5 Å². The lowest BCUT2D eigenvalue weighted by molar-refractivity contribution is 0.455. The average molecular weight is 321 g/mol. The van der Waals surface area contributed by atoms with E-state index in [1.165, 1.54) is 0 Å². The summed E-state index contributed by atoms with van der Waals surface area (Å²) in [7, 11) is 0. The Bertz CT molecular complexity index is 761. The Hall–Kier alpha value is -1.86. The monoisotopic (exact) mass is 320 g/mol. The maximum Gasteiger partial charge on any atom is 0.209 e. The normalized spacial score (nSPS) is 11.3. The van der Waals surface area contributed by atoms with Gasteiger partial charge in [-0.25, -0.2) is 4.68 Å². The average Bonchev–Trinajstić information content (AvgIpc) is 3.06. The standard InChI is InChI=1S/C13H13ClN6S/c1-8(2)20-17-12(16-18-20)11-7-15-19(13(11)21)10-5-3-9(14)4-6-10/h3-8,21H,1-2H3. The molecular formula is C13H13ClN6S. The van der Waals surface area contributed by atoms with Crippen LogP contribution in [0.1, 0.15) is 19.9 Å². The van der Waals surface area contributed by atoms with Gasteiger partial charge in [-0.3, -0.25) is 0 Å². The number of rotatable bonds is 3. The summed E-state index contributed by atoms with van der Waals surface area (Å²) in [6.45, 7) is 3.98. The number of hydrogen-bond donors (Lipinski definition) is 1. The topological polar surface area (TPSA) is 61.4 Å². The van der Waals surface area contributed by atoms with Crippen LogP contribution in [0.5, 0.6) is 0 Å². The highest BCUT2D eigenvalue weighted by atomic mass is 35.5. The molecule has 6 nitrogen and oxygen atoms in total. The van der Waals surface area contributed by atoms with Crippen molar-refractivity contribution in [3.8, 4) is 17.1 Å². The van der Waals surface area contributed by atoms with Crippen LogP contribution in [0.4, 0.5) is 0 Å². The molecule has 3 aromatic rings. The Kier molecular flexibility index (Phi) is 3.69. The van der Waals surface area contributed by atoms with Gasteiger partial charge in [0.05, 0.1) is 23.5 Å². The Labute approximate surface area is 132 Å². The van der Waals surface area contributed by atoms with E-state index >= 15 is 0 Å². The zero-order valence-corrected chi connectivity index (χ0v) is 13.1. The fourth-order valence-electron chi connectivity index (χ4n) is 1.82. The molecule has 0 aliphatic heterocycles. The molecule has 0 aliphatic rings. The minimum Gasteiger partial charge on any atom is -0.227 e. The molecule has 0 saturated carbocycles. The summed E-state index contributed by atoms with van der Waals surface area (Å²) in [4.78, 5) is 1.56. The van der Waals surface area contributed by atoms with Crippen molar-refractivity contribution >= 4 is 24.2 Å². The van der Waals surface area contributed by atoms with Crippen molar-refractivity contribution in [2.75, 3.05) is 0 Å². The first-order valence-corrected chi connectivity index (χ1v) is 7.21. The molecule has 21 heavy (non-hydrogen) atoms. The minimum absolute atomic E-state index is 0.154. The van der Waals surface area contributed by atoms with Gasteiger partial charge >= 0.3 is 0 Å². The molecule has 0 saturated heterocycles. The van der Waals surface area contributed by atoms with Crippen LogP contribution in [-0.4, -0.2) is 30.0 Å². The SMILES string of the molecule is CC(C)n1nnc(-c2cnn(-c3ccc(Cl)cc3)c2S)n1. The van der Waals surface area contributed by atoms with Gasteiger partial charge in [-0.1, -0.05) is 11.6 Å². The van der Waals surface area contributed by atoms with E-state index in [1.807, 2.05) is 26.0 Å². The highest BCUT2D eigenvalue weighted by Crippen LogP contribution is 2.26. The first kappa shape index (κ1) is 14.1. The minimum atomic E-state index is 0.154. The number of tetrazole rings is 1. The molecular weight excluding hydrogens is 308 g/mol. The van der Waals surface area contributed by atoms with E-state index in [-0.39, 0.29) is 6.04 Å². The van der Waals surface area contributed by atoms with Crippen LogP contribution in [0.2, 0.25) is 5.02 Å². The van der Waals surface area contributed by atoms with Crippen LogP contribution in [-0.2, 0) is 0 Å². The van der Waals surface area contributed by atoms with E-state index < -0.39 is 0 Å². The van der Waals surface area contributed by atoms with Gasteiger partial charge in [0.2, 0.25) is 5.82 Å². The Morgan fingerprint density at radius 1 is 1.19 bits per heavy atom. The largest absolute Gasteiger partial charge is 0.227 e. The van der Waals surface area contributed by atoms with E-state index in [2.05, 4.69) is 33.1 Å². The van der Waals surface area contributed by atoms with E-state index in [1.54, 1.807) is 27.8 Å². The molecule has 1 aromatic carbocycles. The van der Waals surface area contributed by atoms with Crippen LogP contribution in [0, 0.1) is 0 Å². The summed E-state index contributed by atoms with van der Waals surface area (Å²) < 4.78 is 1.70. The highest BCUT2D eigenvalue weighted by Gasteiger charge is 2.16. The summed E-state index contributed by atoms with van der Waals surface area (Å²) >= 11 is 10.4. The number of halogens is 1. The van der Waals surface area contributed by atoms with Gasteiger partial charge in [-0.2, -0.15) is 9.90 Å². The van der Waals surface area contributed by atoms with Crippen molar-refractivity contribution in [3.63, 3.8) is 0 Å². The van der Waals surface area contributed by atoms with E-state index in [0.717, 1.165) is 11.3 Å². The number of benzene rings is 1. The van der Waals surface area contributed by atoms with Crippen molar-refractivity contribution in [1.82, 2.24) is 30.0 Å². The predicted molar refractivity (Wildman–Crippen MR) is 83.0 cm³/mol. The molecule has 0 aliphatic carbocycles. The number of hydrogen-bond acceptors (Lipinski definition) is 5. The van der Waals surface area contributed by atoms with E-state index in [4.69, 9.17) is 11.6 Å². The summed E-state index contributed by atoms with van der Waals surface area (Å²) in [6, 6.07) is 7.51. The fraction of sp³-hybridized carbons (Fsp3) is 0.231. The fourth-order valence-corrected chi connectivity index (χ4v) is 2.27. The van der Waals surface area contributed by atoms with Gasteiger partial charge in [0.25, 0.3) is 0 Å². The molecule has 0 bridgehead atoms. The van der Waals surface area contributed by atoms with Crippen LogP contribution >= 0.6 is 24.2 Å². The first-order chi connectivity index (χ1) is 10.1. The number of nitrogens with zero attached hydrogens (tertiary/aromatic N) is 6. The zero-order chi connectivity index (χ0) is 15.0. The smallest absolute Gasteiger partial charge is 0.209 e. The lowest BCUT2D eigenvalue weighted by Gasteiger charge is -2.03. The zero-order valence-electron chi connectivity index (χ0n) is 11.5. The molecule has 0 unspecified atom stereocenters. The molecule has 0 N–H and O–H groups in total. The molecule has 108 valence electrons. The molecule has 2 heterocycles. The van der Waals surface area contributed by atoms with Gasteiger partial charge in [0.15, 0.2) is 0 Å². The Balaban J connectivity index is 2.00. The molecule has 8 heteroatoms. The number of thiol groups is 1. The van der Waals surface area contributed by atoms with E-state index in [0.29, 0.717) is 15.9 Å². The molecule has 0 atom stereocenters. The van der Waals surface area contributed by atoms with Crippen molar-refractivity contribution < 1.29 is 0 Å². The molecule has 0 amide bonds. The molecule has 2 aromatic heterocycles. The maximum absolute atomic E-state index is 5.89. The third kappa shape index (κ3) is 2.66. The summed E-state index contributed by atoms with van der Waals surface area (Å²) in [6.07, 6.45) is 1.68. The molecule has 0 radical (unpaired) electrons.